The largest absolute Gasteiger partial charge is 0.238 e. The van der Waals surface area contributed by atoms with Gasteiger partial charge in [-0.15, -0.1) is 0 Å². The molecule has 0 spiro atoms. The van der Waals surface area contributed by atoms with E-state index in [4.69, 9.17) is 9.97 Å². The predicted octanol–water partition coefficient (Wildman–Crippen LogP) is 18.8. The highest BCUT2D eigenvalue weighted by Gasteiger charge is 2.06. The lowest BCUT2D eigenvalue weighted by atomic mass is 10.0. The molecule has 0 aromatic carbocycles. The minimum atomic E-state index is 0.890. The Kier molecular flexibility index (Phi) is 41.9. The summed E-state index contributed by atoms with van der Waals surface area (Å²) in [7, 11) is 0. The van der Waals surface area contributed by atoms with E-state index in [-0.39, 0.29) is 0 Å². The second-order valence-corrected chi connectivity index (χ2v) is 18.0. The van der Waals surface area contributed by atoms with Gasteiger partial charge >= 0.3 is 0 Å². The van der Waals surface area contributed by atoms with Crippen molar-refractivity contribution in [2.24, 2.45) is 0 Å². The third kappa shape index (κ3) is 38.4. The van der Waals surface area contributed by atoms with Gasteiger partial charge in [-0.1, -0.05) is 278 Å². The van der Waals surface area contributed by atoms with E-state index >= 15 is 0 Å². The van der Waals surface area contributed by atoms with Crippen LogP contribution >= 0.6 is 0 Å². The maximum Gasteiger partial charge on any atom is 0.128 e. The van der Waals surface area contributed by atoms with Crippen molar-refractivity contribution in [3.05, 3.63) is 30.2 Å². The molecule has 0 aliphatic heterocycles. The monoisotopic (exact) mass is 766 g/mol. The van der Waals surface area contributed by atoms with Crippen molar-refractivity contribution in [1.29, 1.82) is 0 Å². The highest BCUT2D eigenvalue weighted by Crippen LogP contribution is 2.18. The van der Waals surface area contributed by atoms with E-state index in [9.17, 15) is 0 Å². The lowest BCUT2D eigenvalue weighted by Crippen LogP contribution is -2.04. The van der Waals surface area contributed by atoms with Gasteiger partial charge in [-0.3, -0.25) is 0 Å². The molecule has 0 fully saturated rings. The first-order valence-corrected chi connectivity index (χ1v) is 25.9. The van der Waals surface area contributed by atoms with E-state index in [1.807, 2.05) is 0 Å². The number of hydrogen-bond donors (Lipinski definition) is 0. The Hall–Kier alpha value is -0.920. The van der Waals surface area contributed by atoms with Gasteiger partial charge in [0.15, 0.2) is 0 Å². The van der Waals surface area contributed by atoms with E-state index in [2.05, 4.69) is 26.8 Å². The summed E-state index contributed by atoms with van der Waals surface area (Å²) in [5.74, 6) is 1.04. The first-order chi connectivity index (χ1) is 27.3. The zero-order chi connectivity index (χ0) is 39.4. The van der Waals surface area contributed by atoms with Crippen LogP contribution in [-0.2, 0) is 19.3 Å². The summed E-state index contributed by atoms with van der Waals surface area (Å²) in [5.41, 5.74) is 2.57. The van der Waals surface area contributed by atoms with Gasteiger partial charge in [0, 0.05) is 17.8 Å². The quantitative estimate of drug-likeness (QED) is 0.0618. The summed E-state index contributed by atoms with van der Waals surface area (Å²) in [6, 6.07) is 2.33. The van der Waals surface area contributed by atoms with E-state index in [0.29, 0.717) is 0 Å². The lowest BCUT2D eigenvalue weighted by Gasteiger charge is -2.09. The molecule has 1 rings (SSSR count). The normalized spacial score (nSPS) is 11.6. The zero-order valence-electron chi connectivity index (χ0n) is 38.2. The maximum atomic E-state index is 4.93. The first-order valence-electron chi connectivity index (χ1n) is 25.9. The smallest absolute Gasteiger partial charge is 0.128 e. The van der Waals surface area contributed by atoms with Crippen molar-refractivity contribution in [3.8, 4) is 0 Å². The molecule has 0 aliphatic carbocycles. The maximum absolute atomic E-state index is 4.93. The minimum absolute atomic E-state index is 0.890. The van der Waals surface area contributed by atoms with Crippen molar-refractivity contribution < 1.29 is 0 Å². The summed E-state index contributed by atoms with van der Waals surface area (Å²) in [6.07, 6.45) is 64.5. The van der Waals surface area contributed by atoms with Crippen LogP contribution in [0.25, 0.3) is 0 Å². The molecule has 0 atom stereocenters. The fraction of sp³-hybridized carbons (Fsp3) is 0.906. The van der Waals surface area contributed by atoms with Crippen LogP contribution in [0.1, 0.15) is 307 Å². The topological polar surface area (TPSA) is 25.8 Å². The lowest BCUT2D eigenvalue weighted by molar-refractivity contribution is 0.520. The van der Waals surface area contributed by atoms with Gasteiger partial charge in [0.05, 0.1) is 0 Å². The van der Waals surface area contributed by atoms with Gasteiger partial charge in [0.2, 0.25) is 0 Å². The van der Waals surface area contributed by atoms with Gasteiger partial charge in [0.25, 0.3) is 0 Å². The number of nitrogens with zero attached hydrogens (tertiary/aromatic N) is 2. The molecule has 55 heavy (non-hydrogen) atoms. The summed E-state index contributed by atoms with van der Waals surface area (Å²) in [6.45, 7) is 8.69. The Balaban J connectivity index is 1.93. The third-order valence-electron chi connectivity index (χ3n) is 12.4. The van der Waals surface area contributed by atoms with Crippen LogP contribution in [0.5, 0.6) is 0 Å². The molecule has 0 aliphatic rings. The van der Waals surface area contributed by atoms with E-state index in [1.165, 1.54) is 281 Å². The second-order valence-electron chi connectivity index (χ2n) is 18.0. The number of hydrogen-bond acceptors (Lipinski definition) is 2. The molecule has 1 aromatic rings. The molecule has 0 unspecified atom stereocenters. The van der Waals surface area contributed by atoms with Gasteiger partial charge in [-0.2, -0.15) is 0 Å². The van der Waals surface area contributed by atoms with Crippen LogP contribution < -0.4 is 0 Å². The number of aryl methyl sites for hydroxylation is 3. The molecular formula is C53H101N2. The average Bonchev–Trinajstić information content (AvgIpc) is 3.19. The number of aromatic nitrogens is 2. The molecule has 0 amide bonds. The minimum Gasteiger partial charge on any atom is -0.238 e. The van der Waals surface area contributed by atoms with Crippen molar-refractivity contribution >= 4 is 0 Å². The van der Waals surface area contributed by atoms with Crippen molar-refractivity contribution in [3.63, 3.8) is 0 Å². The highest BCUT2D eigenvalue weighted by molar-refractivity contribution is 5.12. The van der Waals surface area contributed by atoms with E-state index in [1.54, 1.807) is 0 Å². The molecule has 0 saturated carbocycles. The van der Waals surface area contributed by atoms with Gasteiger partial charge < -0.3 is 0 Å². The van der Waals surface area contributed by atoms with E-state index in [0.717, 1.165) is 31.5 Å². The molecule has 0 N–H and O–H groups in total. The molecule has 1 heterocycles. The SMILES string of the molecule is [CH2]CCc1nc(CCCCCCCCCCCCCCCCCCCCCCC)cc(CCCCCCCCCCCCCCCCCCCCCCC)n1. The van der Waals surface area contributed by atoms with Crippen LogP contribution in [0.4, 0.5) is 0 Å². The first kappa shape index (κ1) is 52.1. The molecule has 2 heteroatoms. The summed E-state index contributed by atoms with van der Waals surface area (Å²) in [4.78, 5) is 9.86. The Morgan fingerprint density at radius 1 is 0.291 bits per heavy atom. The summed E-state index contributed by atoms with van der Waals surface area (Å²) >= 11 is 0. The van der Waals surface area contributed by atoms with Crippen LogP contribution in [0.15, 0.2) is 6.07 Å². The van der Waals surface area contributed by atoms with Gasteiger partial charge in [-0.25, -0.2) is 9.97 Å². The van der Waals surface area contributed by atoms with Gasteiger partial charge in [-0.05, 0) is 38.2 Å². The molecule has 323 valence electrons. The number of rotatable bonds is 46. The van der Waals surface area contributed by atoms with Crippen LogP contribution in [0, 0.1) is 6.92 Å². The summed E-state index contributed by atoms with van der Waals surface area (Å²) in [5, 5.41) is 0. The fourth-order valence-electron chi connectivity index (χ4n) is 8.62. The highest BCUT2D eigenvalue weighted by atomic mass is 14.9. The van der Waals surface area contributed by atoms with Crippen LogP contribution in [0.2, 0.25) is 0 Å². The third-order valence-corrected chi connectivity index (χ3v) is 12.4. The average molecular weight is 766 g/mol. The number of unbranched alkanes of at least 4 members (excludes halogenated alkanes) is 40. The van der Waals surface area contributed by atoms with Crippen LogP contribution in [-0.4, -0.2) is 9.97 Å². The zero-order valence-corrected chi connectivity index (χ0v) is 38.2. The van der Waals surface area contributed by atoms with Crippen molar-refractivity contribution in [2.45, 2.75) is 309 Å². The molecule has 0 saturated heterocycles. The van der Waals surface area contributed by atoms with Crippen molar-refractivity contribution in [1.82, 2.24) is 9.97 Å². The standard InChI is InChI=1S/C53H101N2/c1-4-7-9-11-13-15-17-19-21-23-25-27-29-31-33-35-37-39-41-43-45-48-51-50-52(55-53(54-51)47-6-3)49-46-44-42-40-38-36-34-32-30-28-26-24-22-20-18-16-14-12-10-8-5-2/h50H,3-49H2,1-2H3. The summed E-state index contributed by atoms with van der Waals surface area (Å²) < 4.78 is 0. The Morgan fingerprint density at radius 3 is 0.691 bits per heavy atom. The van der Waals surface area contributed by atoms with Crippen molar-refractivity contribution in [2.75, 3.05) is 0 Å². The molecule has 1 aromatic heterocycles. The molecular weight excluding hydrogens is 665 g/mol. The predicted molar refractivity (Wildman–Crippen MR) is 248 cm³/mol. The Labute approximate surface area is 348 Å². The molecule has 2 nitrogen and oxygen atoms in total. The van der Waals surface area contributed by atoms with Gasteiger partial charge in [0.1, 0.15) is 5.82 Å². The van der Waals surface area contributed by atoms with Crippen LogP contribution in [0.3, 0.4) is 0 Å². The molecule has 1 radical (unpaired) electrons. The van der Waals surface area contributed by atoms with E-state index < -0.39 is 0 Å². The fourth-order valence-corrected chi connectivity index (χ4v) is 8.62. The second kappa shape index (κ2) is 44.2. The molecule has 0 bridgehead atoms. The Morgan fingerprint density at radius 2 is 0.491 bits per heavy atom. The Bertz CT molecular complexity index is 800.